The van der Waals surface area contributed by atoms with Crippen LogP contribution in [-0.4, -0.2) is 33.6 Å². The number of likely N-dealkylation sites (tertiary alicyclic amines) is 1. The summed E-state index contributed by atoms with van der Waals surface area (Å²) in [5.41, 5.74) is -0.0679. The van der Waals surface area contributed by atoms with Gasteiger partial charge in [-0.2, -0.15) is 0 Å². The van der Waals surface area contributed by atoms with Crippen molar-refractivity contribution >= 4 is 22.5 Å². The molecule has 1 aromatic heterocycles. The van der Waals surface area contributed by atoms with Crippen LogP contribution in [-0.2, 0) is 0 Å². The van der Waals surface area contributed by atoms with E-state index < -0.39 is 0 Å². The fourth-order valence-corrected chi connectivity index (χ4v) is 3.15. The number of nitrogens with one attached hydrogen (secondary N) is 1. The van der Waals surface area contributed by atoms with E-state index in [1.165, 1.54) is 4.57 Å². The molecule has 1 saturated heterocycles. The van der Waals surface area contributed by atoms with Gasteiger partial charge in [0.15, 0.2) is 0 Å². The largest absolute Gasteiger partial charge is 0.329 e. The maximum absolute atomic E-state index is 12.6. The molecule has 1 atom stereocenters. The van der Waals surface area contributed by atoms with Crippen molar-refractivity contribution in [1.29, 1.82) is 0 Å². The summed E-state index contributed by atoms with van der Waals surface area (Å²) in [6.07, 6.45) is 0.813. The molecule has 112 valence electrons. The molecule has 0 radical (unpaired) electrons. The minimum absolute atomic E-state index is 0.0768. The van der Waals surface area contributed by atoms with E-state index in [1.54, 1.807) is 18.2 Å². The Morgan fingerprint density at radius 2 is 2.10 bits per heavy atom. The zero-order chi connectivity index (χ0) is 15.1. The lowest BCUT2D eigenvalue weighted by atomic mass is 10.2. The molecule has 1 unspecified atom stereocenters. The van der Waals surface area contributed by atoms with Gasteiger partial charge in [-0.15, -0.1) is 0 Å². The van der Waals surface area contributed by atoms with Crippen LogP contribution in [0.1, 0.15) is 26.3 Å². The molecule has 0 amide bonds. The highest BCUT2D eigenvalue weighted by atomic mass is 35.5. The normalized spacial score (nSPS) is 19.7. The van der Waals surface area contributed by atoms with Crippen molar-refractivity contribution in [2.75, 3.05) is 13.1 Å². The summed E-state index contributed by atoms with van der Waals surface area (Å²) in [5.74, 6) is 0. The van der Waals surface area contributed by atoms with Gasteiger partial charge >= 0.3 is 5.69 Å². The van der Waals surface area contributed by atoms with Crippen molar-refractivity contribution in [1.82, 2.24) is 14.5 Å². The Kier molecular flexibility index (Phi) is 3.63. The summed E-state index contributed by atoms with van der Waals surface area (Å²) in [4.78, 5) is 29.9. The minimum Gasteiger partial charge on any atom is -0.307 e. The summed E-state index contributed by atoms with van der Waals surface area (Å²) < 4.78 is 1.35. The number of hydrogen-bond acceptors (Lipinski definition) is 3. The van der Waals surface area contributed by atoms with Gasteiger partial charge in [-0.3, -0.25) is 14.3 Å². The highest BCUT2D eigenvalue weighted by Gasteiger charge is 2.28. The third-order valence-electron chi connectivity index (χ3n) is 4.18. The third kappa shape index (κ3) is 2.51. The molecule has 0 spiro atoms. The first-order chi connectivity index (χ1) is 9.97. The Morgan fingerprint density at radius 3 is 2.76 bits per heavy atom. The predicted octanol–water partition coefficient (Wildman–Crippen LogP) is 2.00. The summed E-state index contributed by atoms with van der Waals surface area (Å²) in [6, 6.07) is 5.28. The van der Waals surface area contributed by atoms with Crippen LogP contribution >= 0.6 is 11.6 Å². The van der Waals surface area contributed by atoms with E-state index in [9.17, 15) is 9.59 Å². The third-order valence-corrected chi connectivity index (χ3v) is 4.42. The van der Waals surface area contributed by atoms with E-state index >= 15 is 0 Å². The second-order valence-electron chi connectivity index (χ2n) is 5.83. The molecular weight excluding hydrogens is 290 g/mol. The second kappa shape index (κ2) is 5.31. The highest BCUT2D eigenvalue weighted by Crippen LogP contribution is 2.21. The summed E-state index contributed by atoms with van der Waals surface area (Å²) in [7, 11) is 0. The molecule has 0 saturated carbocycles. The van der Waals surface area contributed by atoms with Gasteiger partial charge in [0.2, 0.25) is 0 Å². The standard InChI is InChI=1S/C15H18ClN3O2/c1-9(2)18-6-5-11(8-18)19-14(20)12-7-10(16)3-4-13(12)17-15(19)21/h3-4,7,9,11H,5-6,8H2,1-2H3,(H,17,21). The molecule has 21 heavy (non-hydrogen) atoms. The first-order valence-corrected chi connectivity index (χ1v) is 7.53. The van der Waals surface area contributed by atoms with Crippen molar-refractivity contribution in [2.45, 2.75) is 32.4 Å². The van der Waals surface area contributed by atoms with Crippen LogP contribution in [0.5, 0.6) is 0 Å². The van der Waals surface area contributed by atoms with Gasteiger partial charge in [-0.25, -0.2) is 4.79 Å². The van der Waals surface area contributed by atoms with Crippen LogP contribution in [0.25, 0.3) is 10.9 Å². The summed E-state index contributed by atoms with van der Waals surface area (Å²) in [5, 5.41) is 0.957. The van der Waals surface area contributed by atoms with Crippen molar-refractivity contribution in [3.05, 3.63) is 44.1 Å². The zero-order valence-corrected chi connectivity index (χ0v) is 12.9. The predicted molar refractivity (Wildman–Crippen MR) is 84.2 cm³/mol. The molecule has 3 rings (SSSR count). The van der Waals surface area contributed by atoms with Crippen LogP contribution < -0.4 is 11.2 Å². The van der Waals surface area contributed by atoms with Crippen LogP contribution in [0.15, 0.2) is 27.8 Å². The molecule has 6 heteroatoms. The molecular formula is C15H18ClN3O2. The van der Waals surface area contributed by atoms with Crippen LogP contribution in [0.2, 0.25) is 5.02 Å². The van der Waals surface area contributed by atoms with Gasteiger partial charge < -0.3 is 4.98 Å². The molecule has 2 aromatic rings. The minimum atomic E-state index is -0.342. The topological polar surface area (TPSA) is 58.1 Å². The number of halogens is 1. The number of rotatable bonds is 2. The molecule has 1 aliphatic heterocycles. The smallest absolute Gasteiger partial charge is 0.307 e. The number of H-pyrrole nitrogens is 1. The first kappa shape index (κ1) is 14.4. The van der Waals surface area contributed by atoms with E-state index in [1.807, 2.05) is 0 Å². The molecule has 1 N–H and O–H groups in total. The Morgan fingerprint density at radius 1 is 1.33 bits per heavy atom. The molecule has 0 aliphatic carbocycles. The van der Waals surface area contributed by atoms with Crippen LogP contribution in [0.3, 0.4) is 0 Å². The molecule has 2 heterocycles. The van der Waals surface area contributed by atoms with Crippen molar-refractivity contribution in [3.8, 4) is 0 Å². The van der Waals surface area contributed by atoms with Gasteiger partial charge in [0.05, 0.1) is 16.9 Å². The highest BCUT2D eigenvalue weighted by molar-refractivity contribution is 6.31. The van der Waals surface area contributed by atoms with E-state index in [-0.39, 0.29) is 17.3 Å². The lowest BCUT2D eigenvalue weighted by molar-refractivity contribution is 0.263. The summed E-state index contributed by atoms with van der Waals surface area (Å²) in [6.45, 7) is 5.87. The average molecular weight is 308 g/mol. The fourth-order valence-electron chi connectivity index (χ4n) is 2.98. The lowest BCUT2D eigenvalue weighted by Crippen LogP contribution is -2.39. The van der Waals surface area contributed by atoms with Crippen molar-refractivity contribution in [2.24, 2.45) is 0 Å². The monoisotopic (exact) mass is 307 g/mol. The quantitative estimate of drug-likeness (QED) is 0.923. The van der Waals surface area contributed by atoms with Gasteiger partial charge in [0.1, 0.15) is 0 Å². The zero-order valence-electron chi connectivity index (χ0n) is 12.1. The Bertz CT molecular complexity index is 794. The number of fused-ring (bicyclic) bond motifs is 1. The van der Waals surface area contributed by atoms with E-state index in [2.05, 4.69) is 23.7 Å². The van der Waals surface area contributed by atoms with Crippen molar-refractivity contribution < 1.29 is 0 Å². The molecule has 0 bridgehead atoms. The molecule has 1 fully saturated rings. The van der Waals surface area contributed by atoms with Crippen LogP contribution in [0, 0.1) is 0 Å². The number of nitrogens with zero attached hydrogens (tertiary/aromatic N) is 2. The van der Waals surface area contributed by atoms with Gasteiger partial charge in [0, 0.05) is 24.2 Å². The number of aromatic nitrogens is 2. The fraction of sp³-hybridized carbons (Fsp3) is 0.467. The van der Waals surface area contributed by atoms with E-state index in [4.69, 9.17) is 11.6 Å². The Hall–Kier alpha value is -1.59. The van der Waals surface area contributed by atoms with Gasteiger partial charge in [-0.05, 0) is 38.5 Å². The first-order valence-electron chi connectivity index (χ1n) is 7.15. The SMILES string of the molecule is CC(C)N1CCC(n2c(=O)[nH]c3ccc(Cl)cc3c2=O)C1. The summed E-state index contributed by atoms with van der Waals surface area (Å²) >= 11 is 5.96. The lowest BCUT2D eigenvalue weighted by Gasteiger charge is -2.20. The van der Waals surface area contributed by atoms with Gasteiger partial charge in [-0.1, -0.05) is 11.6 Å². The number of hydrogen-bond donors (Lipinski definition) is 1. The maximum Gasteiger partial charge on any atom is 0.329 e. The number of benzene rings is 1. The Balaban J connectivity index is 2.11. The van der Waals surface area contributed by atoms with Gasteiger partial charge in [0.25, 0.3) is 5.56 Å². The van der Waals surface area contributed by atoms with Crippen molar-refractivity contribution in [3.63, 3.8) is 0 Å². The molecule has 5 nitrogen and oxygen atoms in total. The Labute approximate surface area is 127 Å². The van der Waals surface area contributed by atoms with E-state index in [0.717, 1.165) is 19.5 Å². The molecule has 1 aromatic carbocycles. The number of aromatic amines is 1. The average Bonchev–Trinajstić information content (AvgIpc) is 2.89. The molecule has 1 aliphatic rings. The van der Waals surface area contributed by atoms with Crippen LogP contribution in [0.4, 0.5) is 0 Å². The second-order valence-corrected chi connectivity index (χ2v) is 6.26. The maximum atomic E-state index is 12.6. The van der Waals surface area contributed by atoms with E-state index in [0.29, 0.717) is 22.0 Å².